The van der Waals surface area contributed by atoms with Gasteiger partial charge in [0.15, 0.2) is 6.10 Å². The molecule has 2 unspecified atom stereocenters. The topological polar surface area (TPSA) is 63.3 Å². The highest BCUT2D eigenvalue weighted by molar-refractivity contribution is 6.30. The highest BCUT2D eigenvalue weighted by Gasteiger charge is 2.47. The maximum atomic E-state index is 9.51. The Morgan fingerprint density at radius 2 is 2.14 bits per heavy atom. The molecule has 3 aliphatic heterocycles. The van der Waals surface area contributed by atoms with Gasteiger partial charge in [-0.2, -0.15) is 10.4 Å². The van der Waals surface area contributed by atoms with Crippen molar-refractivity contribution < 1.29 is 9.47 Å². The van der Waals surface area contributed by atoms with Gasteiger partial charge >= 0.3 is 0 Å². The highest BCUT2D eigenvalue weighted by Crippen LogP contribution is 2.49. The first-order valence-corrected chi connectivity index (χ1v) is 10.8. The maximum absolute atomic E-state index is 9.51. The number of hydrogen-bond acceptors (Lipinski definition) is 5. The number of likely N-dealkylation sites (tertiary alicyclic amines) is 1. The summed E-state index contributed by atoms with van der Waals surface area (Å²) in [6.45, 7) is 3.51. The molecular weight excluding hydrogens is 388 g/mol. The second-order valence-corrected chi connectivity index (χ2v) is 8.72. The monoisotopic (exact) mass is 412 g/mol. The maximum Gasteiger partial charge on any atom is 0.170 e. The van der Waals surface area contributed by atoms with Gasteiger partial charge in [0, 0.05) is 48.6 Å². The molecule has 152 valence electrons. The lowest BCUT2D eigenvalue weighted by Gasteiger charge is -2.39. The van der Waals surface area contributed by atoms with E-state index in [9.17, 15) is 5.26 Å². The first kappa shape index (κ1) is 19.1. The fourth-order valence-electron chi connectivity index (χ4n) is 4.87. The highest BCUT2D eigenvalue weighted by atomic mass is 35.5. The Morgan fingerprint density at radius 3 is 2.90 bits per heavy atom. The largest absolute Gasteiger partial charge is 0.357 e. The van der Waals surface area contributed by atoms with Crippen LogP contribution in [0.15, 0.2) is 30.6 Å². The summed E-state index contributed by atoms with van der Waals surface area (Å²) in [5.74, 6) is 0. The van der Waals surface area contributed by atoms with Gasteiger partial charge in [0.25, 0.3) is 0 Å². The van der Waals surface area contributed by atoms with E-state index in [1.807, 2.05) is 29.1 Å². The van der Waals surface area contributed by atoms with Crippen molar-refractivity contribution in [3.05, 3.63) is 52.3 Å². The molecule has 2 aromatic rings. The number of fused-ring (bicyclic) bond motifs is 2. The van der Waals surface area contributed by atoms with E-state index < -0.39 is 11.7 Å². The fourth-order valence-corrected chi connectivity index (χ4v) is 5.04. The Labute approximate surface area is 176 Å². The molecule has 0 N–H and O–H groups in total. The molecule has 0 bridgehead atoms. The number of benzene rings is 1. The van der Waals surface area contributed by atoms with Crippen LogP contribution in [-0.2, 0) is 21.6 Å². The predicted molar refractivity (Wildman–Crippen MR) is 108 cm³/mol. The summed E-state index contributed by atoms with van der Waals surface area (Å²) in [5, 5.41) is 14.7. The normalized spacial score (nSPS) is 26.3. The average molecular weight is 413 g/mol. The lowest BCUT2D eigenvalue weighted by molar-refractivity contribution is -0.0933. The van der Waals surface area contributed by atoms with Crippen LogP contribution in [0, 0.1) is 11.3 Å². The van der Waals surface area contributed by atoms with Crippen molar-refractivity contribution in [2.45, 2.75) is 56.6 Å². The molecule has 29 heavy (non-hydrogen) atoms. The second-order valence-electron chi connectivity index (χ2n) is 8.28. The molecule has 2 fully saturated rings. The van der Waals surface area contributed by atoms with E-state index in [-0.39, 0.29) is 6.23 Å². The molecule has 0 saturated carbocycles. The van der Waals surface area contributed by atoms with Crippen molar-refractivity contribution in [3.63, 3.8) is 0 Å². The Hall–Kier alpha value is -1.91. The summed E-state index contributed by atoms with van der Waals surface area (Å²) >= 11 is 6.25. The molecule has 0 aliphatic carbocycles. The quantitative estimate of drug-likeness (QED) is 0.751. The molecule has 2 saturated heterocycles. The van der Waals surface area contributed by atoms with E-state index in [2.05, 4.69) is 22.3 Å². The van der Waals surface area contributed by atoms with Crippen molar-refractivity contribution in [1.29, 1.82) is 5.26 Å². The zero-order valence-electron chi connectivity index (χ0n) is 16.4. The summed E-state index contributed by atoms with van der Waals surface area (Å²) in [4.78, 5) is 2.43. The van der Waals surface area contributed by atoms with Crippen LogP contribution in [0.4, 0.5) is 0 Å². The molecule has 1 spiro atoms. The van der Waals surface area contributed by atoms with E-state index in [4.69, 9.17) is 21.1 Å². The number of aromatic nitrogens is 2. The van der Waals surface area contributed by atoms with Crippen LogP contribution in [-0.4, -0.2) is 34.4 Å². The van der Waals surface area contributed by atoms with Crippen molar-refractivity contribution >= 4 is 11.6 Å². The summed E-state index contributed by atoms with van der Waals surface area (Å²) in [6.07, 6.45) is 8.75. The number of nitriles is 1. The molecule has 0 amide bonds. The molecular formula is C22H25ClN4O2. The summed E-state index contributed by atoms with van der Waals surface area (Å²) in [5.41, 5.74) is 2.88. The van der Waals surface area contributed by atoms with Gasteiger partial charge in [0.05, 0.1) is 17.9 Å². The van der Waals surface area contributed by atoms with Crippen molar-refractivity contribution in [2.75, 3.05) is 19.7 Å². The summed E-state index contributed by atoms with van der Waals surface area (Å²) in [7, 11) is 0. The van der Waals surface area contributed by atoms with Gasteiger partial charge in [-0.3, -0.25) is 4.90 Å². The van der Waals surface area contributed by atoms with Gasteiger partial charge < -0.3 is 9.47 Å². The molecule has 7 heteroatoms. The lowest BCUT2D eigenvalue weighted by Crippen LogP contribution is -2.42. The van der Waals surface area contributed by atoms with E-state index >= 15 is 0 Å². The van der Waals surface area contributed by atoms with Crippen LogP contribution >= 0.6 is 11.6 Å². The molecule has 0 radical (unpaired) electrons. The van der Waals surface area contributed by atoms with Gasteiger partial charge in [-0.25, -0.2) is 4.68 Å². The van der Waals surface area contributed by atoms with Gasteiger partial charge in [0.1, 0.15) is 6.23 Å². The molecule has 1 aromatic heterocycles. The van der Waals surface area contributed by atoms with Gasteiger partial charge in [-0.1, -0.05) is 17.7 Å². The number of hydrogen-bond donors (Lipinski definition) is 0. The third kappa shape index (κ3) is 3.57. The second kappa shape index (κ2) is 7.73. The predicted octanol–water partition coefficient (Wildman–Crippen LogP) is 4.32. The Morgan fingerprint density at radius 1 is 1.28 bits per heavy atom. The first-order chi connectivity index (χ1) is 14.2. The van der Waals surface area contributed by atoms with Crippen LogP contribution in [0.2, 0.25) is 5.02 Å². The number of halogens is 1. The van der Waals surface area contributed by atoms with E-state index in [0.717, 1.165) is 63.1 Å². The SMILES string of the molecule is N#CC1OC2(CCN(Cc3cnn(C4CCCCO4)c3)CC2)c2cc(Cl)ccc21. The van der Waals surface area contributed by atoms with E-state index in [0.29, 0.717) is 5.02 Å². The first-order valence-electron chi connectivity index (χ1n) is 10.4. The summed E-state index contributed by atoms with van der Waals surface area (Å²) in [6, 6.07) is 8.06. The zero-order chi connectivity index (χ0) is 19.8. The number of nitrogens with zero attached hydrogens (tertiary/aromatic N) is 4. The lowest BCUT2D eigenvalue weighted by atomic mass is 9.83. The third-order valence-electron chi connectivity index (χ3n) is 6.42. The van der Waals surface area contributed by atoms with Crippen molar-refractivity contribution in [2.24, 2.45) is 0 Å². The van der Waals surface area contributed by atoms with Crippen LogP contribution in [0.1, 0.15) is 61.1 Å². The number of rotatable bonds is 3. The Kier molecular flexibility index (Phi) is 5.09. The minimum absolute atomic E-state index is 0.0816. The molecule has 4 heterocycles. The minimum atomic E-state index is -0.498. The van der Waals surface area contributed by atoms with Crippen LogP contribution in [0.25, 0.3) is 0 Å². The standard InChI is InChI=1S/C22H25ClN4O2/c23-17-4-5-18-19(11-17)22(29-20(18)12-24)6-8-26(9-7-22)14-16-13-25-27(15-16)21-3-1-2-10-28-21/h4-5,11,13,15,20-21H,1-3,6-10,14H2. The van der Waals surface area contributed by atoms with Gasteiger partial charge in [-0.05, 0) is 49.8 Å². The van der Waals surface area contributed by atoms with Crippen LogP contribution < -0.4 is 0 Å². The molecule has 5 rings (SSSR count). The molecule has 3 aliphatic rings. The average Bonchev–Trinajstić information content (AvgIpc) is 3.34. The Bertz CT molecular complexity index is 923. The van der Waals surface area contributed by atoms with Crippen LogP contribution in [0.3, 0.4) is 0 Å². The minimum Gasteiger partial charge on any atom is -0.357 e. The Balaban J connectivity index is 1.25. The smallest absolute Gasteiger partial charge is 0.170 e. The zero-order valence-corrected chi connectivity index (χ0v) is 17.1. The molecule has 1 aromatic carbocycles. The number of ether oxygens (including phenoxy) is 2. The van der Waals surface area contributed by atoms with E-state index in [1.54, 1.807) is 0 Å². The van der Waals surface area contributed by atoms with E-state index in [1.165, 1.54) is 12.0 Å². The molecule has 2 atom stereocenters. The van der Waals surface area contributed by atoms with Crippen molar-refractivity contribution in [1.82, 2.24) is 14.7 Å². The fraction of sp³-hybridized carbons (Fsp3) is 0.545. The third-order valence-corrected chi connectivity index (χ3v) is 6.66. The number of piperidine rings is 1. The molecule has 6 nitrogen and oxygen atoms in total. The van der Waals surface area contributed by atoms with Gasteiger partial charge in [0.2, 0.25) is 0 Å². The van der Waals surface area contributed by atoms with Crippen molar-refractivity contribution in [3.8, 4) is 6.07 Å². The van der Waals surface area contributed by atoms with Crippen LogP contribution in [0.5, 0.6) is 0 Å². The summed E-state index contributed by atoms with van der Waals surface area (Å²) < 4.78 is 14.1. The van der Waals surface area contributed by atoms with Gasteiger partial charge in [-0.15, -0.1) is 0 Å².